The summed E-state index contributed by atoms with van der Waals surface area (Å²) in [6.45, 7) is 27.4. The maximum absolute atomic E-state index is 13.0. The quantitative estimate of drug-likeness (QED) is 0.0335. The van der Waals surface area contributed by atoms with Gasteiger partial charge in [-0.1, -0.05) is 93.2 Å². The number of alkyl halides is 3. The molecule has 0 aliphatic heterocycles. The summed E-state index contributed by atoms with van der Waals surface area (Å²) < 4.78 is 43.2. The summed E-state index contributed by atoms with van der Waals surface area (Å²) in [6, 6.07) is 4.01. The maximum Gasteiger partial charge on any atom is 0.448 e. The Morgan fingerprint density at radius 3 is 1.86 bits per heavy atom. The number of hydrogen-bond donors (Lipinski definition) is 2. The minimum absolute atomic E-state index is 0.0136. The number of aliphatic imine (C=N–C) groups is 1. The predicted octanol–water partition coefficient (Wildman–Crippen LogP) is 11.4. The SMILES string of the molecule is C/C=C(C(=O)CCC)\C(=C/C(C)=NCC(=O)c1cc(C)c(CC)c(C(C)(C)C)c1)OCC.C=C(OC)C(F)(F)F.CC(=N)N.CCCCCCC. The number of amidine groups is 1. The fourth-order valence-electron chi connectivity index (χ4n) is 4.59. The van der Waals surface area contributed by atoms with Gasteiger partial charge in [-0.25, -0.2) is 0 Å². The van der Waals surface area contributed by atoms with Gasteiger partial charge in [0.1, 0.15) is 12.3 Å². The molecule has 292 valence electrons. The Hall–Kier alpha value is -3.69. The largest absolute Gasteiger partial charge is 0.493 e. The molecular weight excluding hydrogens is 655 g/mol. The second-order valence-corrected chi connectivity index (χ2v) is 13.0. The maximum atomic E-state index is 13.0. The zero-order valence-electron chi connectivity index (χ0n) is 33.9. The van der Waals surface area contributed by atoms with Gasteiger partial charge in [0.05, 0.1) is 25.1 Å². The Morgan fingerprint density at radius 1 is 0.980 bits per heavy atom. The summed E-state index contributed by atoms with van der Waals surface area (Å²) in [5.41, 5.74) is 10.3. The Morgan fingerprint density at radius 2 is 1.51 bits per heavy atom. The first-order valence-corrected chi connectivity index (χ1v) is 18.0. The lowest BCUT2D eigenvalue weighted by Crippen LogP contribution is -2.17. The topological polar surface area (TPSA) is 115 Å². The predicted molar refractivity (Wildman–Crippen MR) is 209 cm³/mol. The van der Waals surface area contributed by atoms with E-state index in [1.807, 2.05) is 39.8 Å². The van der Waals surface area contributed by atoms with Crippen molar-refractivity contribution in [1.82, 2.24) is 0 Å². The van der Waals surface area contributed by atoms with Gasteiger partial charge in [-0.3, -0.25) is 20.0 Å². The lowest BCUT2D eigenvalue weighted by Gasteiger charge is -2.25. The third-order valence-electron chi connectivity index (χ3n) is 7.17. The molecule has 3 N–H and O–H groups in total. The van der Waals surface area contributed by atoms with Crippen LogP contribution in [0.5, 0.6) is 0 Å². The molecule has 0 saturated carbocycles. The van der Waals surface area contributed by atoms with E-state index in [2.05, 4.69) is 64.8 Å². The number of hydrogen-bond acceptors (Lipinski definition) is 6. The number of ketones is 2. The molecular formula is C41H68F3N3O4. The molecule has 1 rings (SSSR count). The molecule has 10 heteroatoms. The van der Waals surface area contributed by atoms with Crippen molar-refractivity contribution >= 4 is 23.1 Å². The van der Waals surface area contributed by atoms with E-state index in [0.29, 0.717) is 35.6 Å². The van der Waals surface area contributed by atoms with Crippen molar-refractivity contribution in [2.24, 2.45) is 10.7 Å². The van der Waals surface area contributed by atoms with Crippen molar-refractivity contribution in [3.63, 3.8) is 0 Å². The molecule has 0 unspecified atom stereocenters. The van der Waals surface area contributed by atoms with Crippen molar-refractivity contribution in [2.45, 2.75) is 146 Å². The Kier molecular flexibility index (Phi) is 28.3. The lowest BCUT2D eigenvalue weighted by atomic mass is 9.80. The standard InChI is InChI=1S/C28H41NO3.C7H16.C4H5F3O.C2H6N2/c1-10-14-25(30)23(12-3)27(32-13-4)16-20(6)29-18-26(31)21-15-19(5)22(11-2)24(17-21)28(7,8)9;1-3-5-7-6-4-2;1-3(8-2)4(5,6)7;1-2(3)4/h12,15-17H,10-11,13-14,18H2,1-9H3;3-7H2,1-2H3;1H2,2H3;1H3,(H3,3,4)/b23-12-,27-16+,29-20?;;;. The van der Waals surface area contributed by atoms with Gasteiger partial charge in [-0.15, -0.1) is 0 Å². The molecule has 0 fully saturated rings. The second-order valence-electron chi connectivity index (χ2n) is 13.0. The van der Waals surface area contributed by atoms with E-state index < -0.39 is 11.9 Å². The number of nitrogens with two attached hydrogens (primary N) is 1. The first-order chi connectivity index (χ1) is 23.6. The molecule has 0 aromatic heterocycles. The Balaban J connectivity index is -0.000000983. The van der Waals surface area contributed by atoms with Crippen molar-refractivity contribution in [2.75, 3.05) is 20.3 Å². The lowest BCUT2D eigenvalue weighted by molar-refractivity contribution is -0.125. The first kappa shape index (κ1) is 51.7. The smallest absolute Gasteiger partial charge is 0.448 e. The number of methoxy groups -OCH3 is 1. The molecule has 7 nitrogen and oxygen atoms in total. The number of Topliss-reactive ketones (excluding diaryl/α,β-unsaturated/α-hetero) is 2. The van der Waals surface area contributed by atoms with Gasteiger partial charge in [-0.2, -0.15) is 13.2 Å². The summed E-state index contributed by atoms with van der Waals surface area (Å²) in [6.07, 6.45) is 8.34. The van der Waals surface area contributed by atoms with E-state index in [-0.39, 0.29) is 29.4 Å². The van der Waals surface area contributed by atoms with Crippen molar-refractivity contribution in [3.05, 3.63) is 70.2 Å². The van der Waals surface area contributed by atoms with Gasteiger partial charge in [0.2, 0.25) is 0 Å². The number of carbonyl (C=O) groups excluding carboxylic acids is 2. The molecule has 0 heterocycles. The zero-order chi connectivity index (χ0) is 40.4. The van der Waals surface area contributed by atoms with Gasteiger partial charge < -0.3 is 15.2 Å². The van der Waals surface area contributed by atoms with Crippen LogP contribution in [0, 0.1) is 12.3 Å². The molecule has 1 aromatic carbocycles. The number of halogens is 3. The highest BCUT2D eigenvalue weighted by Gasteiger charge is 2.33. The zero-order valence-corrected chi connectivity index (χ0v) is 33.9. The number of nitrogens with zero attached hydrogens (tertiary/aromatic N) is 1. The molecule has 51 heavy (non-hydrogen) atoms. The van der Waals surface area contributed by atoms with Crippen LogP contribution in [0.2, 0.25) is 0 Å². The molecule has 0 aliphatic rings. The van der Waals surface area contributed by atoms with Crippen LogP contribution in [-0.4, -0.2) is 49.6 Å². The molecule has 1 aromatic rings. The van der Waals surface area contributed by atoms with Crippen LogP contribution in [0.4, 0.5) is 13.2 Å². The van der Waals surface area contributed by atoms with E-state index in [9.17, 15) is 22.8 Å². The molecule has 0 aliphatic carbocycles. The third-order valence-corrected chi connectivity index (χ3v) is 7.17. The molecule has 0 saturated heterocycles. The summed E-state index contributed by atoms with van der Waals surface area (Å²) in [5.74, 6) is -0.446. The molecule has 0 amide bonds. The van der Waals surface area contributed by atoms with Crippen LogP contribution in [0.3, 0.4) is 0 Å². The van der Waals surface area contributed by atoms with Crippen LogP contribution in [0.25, 0.3) is 0 Å². The molecule has 0 spiro atoms. The first-order valence-electron chi connectivity index (χ1n) is 18.0. The summed E-state index contributed by atoms with van der Waals surface area (Å²) in [4.78, 5) is 29.9. The number of carbonyl (C=O) groups is 2. The number of rotatable bonds is 16. The summed E-state index contributed by atoms with van der Waals surface area (Å²) >= 11 is 0. The number of unbranched alkanes of at least 4 members (excludes halogenated alkanes) is 4. The van der Waals surface area contributed by atoms with E-state index in [4.69, 9.17) is 15.9 Å². The van der Waals surface area contributed by atoms with Gasteiger partial charge in [0, 0.05) is 23.8 Å². The number of allylic oxidation sites excluding steroid dienone is 4. The van der Waals surface area contributed by atoms with Gasteiger partial charge in [0.25, 0.3) is 0 Å². The van der Waals surface area contributed by atoms with Crippen molar-refractivity contribution in [3.8, 4) is 0 Å². The molecule has 0 atom stereocenters. The monoisotopic (exact) mass is 724 g/mol. The van der Waals surface area contributed by atoms with Crippen molar-refractivity contribution in [1.29, 1.82) is 5.41 Å². The van der Waals surface area contributed by atoms with Gasteiger partial charge >= 0.3 is 6.18 Å². The average molecular weight is 724 g/mol. The number of nitrogens with one attached hydrogen (secondary N) is 1. The van der Waals surface area contributed by atoms with Crippen LogP contribution < -0.4 is 5.73 Å². The summed E-state index contributed by atoms with van der Waals surface area (Å²) in [5, 5.41) is 6.28. The van der Waals surface area contributed by atoms with Crippen molar-refractivity contribution < 1.29 is 32.2 Å². The number of ether oxygens (including phenoxy) is 2. The highest BCUT2D eigenvalue weighted by atomic mass is 19.4. The fraction of sp³-hybridized carbons (Fsp3) is 0.610. The normalized spacial score (nSPS) is 11.9. The molecule has 0 radical (unpaired) electrons. The number of aryl methyl sites for hydroxylation is 1. The minimum atomic E-state index is -4.41. The van der Waals surface area contributed by atoms with Crippen LogP contribution in [0.1, 0.15) is 148 Å². The third kappa shape index (κ3) is 24.2. The molecule has 0 bridgehead atoms. The minimum Gasteiger partial charge on any atom is -0.493 e. The second kappa shape index (κ2) is 28.0. The number of benzene rings is 1. The van der Waals surface area contributed by atoms with Gasteiger partial charge in [-0.05, 0) is 81.7 Å². The Bertz CT molecular complexity index is 1300. The van der Waals surface area contributed by atoms with E-state index in [1.54, 1.807) is 12.2 Å². The van der Waals surface area contributed by atoms with Crippen LogP contribution in [-0.2, 0) is 26.1 Å². The highest BCUT2D eigenvalue weighted by Crippen LogP contribution is 2.30. The van der Waals surface area contributed by atoms with Crippen LogP contribution >= 0.6 is 0 Å². The van der Waals surface area contributed by atoms with Gasteiger partial charge in [0.15, 0.2) is 17.3 Å². The van der Waals surface area contributed by atoms with E-state index >= 15 is 0 Å². The summed E-state index contributed by atoms with van der Waals surface area (Å²) in [7, 11) is 0.926. The Labute approximate surface area is 307 Å². The van der Waals surface area contributed by atoms with E-state index in [0.717, 1.165) is 25.5 Å². The van der Waals surface area contributed by atoms with E-state index in [1.165, 1.54) is 50.2 Å². The van der Waals surface area contributed by atoms with Crippen LogP contribution in [0.15, 0.2) is 52.9 Å². The highest BCUT2D eigenvalue weighted by molar-refractivity contribution is 6.03. The average Bonchev–Trinajstić information content (AvgIpc) is 3.03. The fourth-order valence-corrected chi connectivity index (χ4v) is 4.59.